The van der Waals surface area contributed by atoms with Gasteiger partial charge in [0.05, 0.1) is 6.04 Å². The van der Waals surface area contributed by atoms with Gasteiger partial charge in [-0.05, 0) is 54.1 Å². The minimum atomic E-state index is -1.93. The molecule has 22 nitrogen and oxygen atoms in total. The lowest BCUT2D eigenvalue weighted by atomic mass is 10.00. The number of benzene rings is 4. The smallest absolute Gasteiger partial charge is 0.327 e. The average Bonchev–Trinajstić information content (AvgIpc) is 3.87. The number of aromatic nitrogens is 1. The van der Waals surface area contributed by atoms with Crippen LogP contribution in [0.15, 0.2) is 121 Å². The van der Waals surface area contributed by atoms with Crippen LogP contribution in [-0.4, -0.2) is 153 Å². The number of hydrogen-bond acceptors (Lipinski definition) is 14. The Hall–Kier alpha value is -7.77. The highest BCUT2D eigenvalue weighted by Gasteiger charge is 2.37. The van der Waals surface area contributed by atoms with Gasteiger partial charge in [-0.1, -0.05) is 131 Å². The van der Waals surface area contributed by atoms with E-state index in [9.17, 15) is 53.4 Å². The predicted molar refractivity (Wildman–Crippen MR) is 299 cm³/mol. The van der Waals surface area contributed by atoms with Crippen LogP contribution in [0.25, 0.3) is 10.9 Å². The largest absolute Gasteiger partial charge is 0.480 e. The van der Waals surface area contributed by atoms with E-state index in [2.05, 4.69) is 42.2 Å². The highest BCUT2D eigenvalue weighted by atomic mass is 33.1. The molecular weight excluding hydrogens is 1050 g/mol. The fourth-order valence-corrected chi connectivity index (χ4v) is 10.9. The van der Waals surface area contributed by atoms with Crippen molar-refractivity contribution in [1.29, 1.82) is 0 Å². The summed E-state index contributed by atoms with van der Waals surface area (Å²) in [7, 11) is 3.15. The van der Waals surface area contributed by atoms with E-state index in [1.165, 1.54) is 0 Å². The third-order valence-electron chi connectivity index (χ3n) is 13.0. The molecule has 1 aliphatic heterocycles. The number of hydrogen-bond donors (Lipinski definition) is 12. The molecule has 1 fully saturated rings. The van der Waals surface area contributed by atoms with E-state index in [0.29, 0.717) is 28.7 Å². The average molecular weight is 1120 g/mol. The van der Waals surface area contributed by atoms with Crippen LogP contribution in [0, 0.1) is 0 Å². The molecule has 8 amide bonds. The van der Waals surface area contributed by atoms with Crippen LogP contribution < -0.4 is 48.7 Å². The first kappa shape index (κ1) is 60.5. The molecule has 0 unspecified atom stereocenters. The van der Waals surface area contributed by atoms with E-state index in [0.717, 1.165) is 44.4 Å². The number of nitrogens with one attached hydrogen (secondary N) is 8. The van der Waals surface area contributed by atoms with E-state index >= 15 is 0 Å². The number of aliphatic carboxylic acids is 1. The van der Waals surface area contributed by atoms with Gasteiger partial charge in [0.2, 0.25) is 41.4 Å². The van der Waals surface area contributed by atoms with Crippen molar-refractivity contribution in [2.75, 3.05) is 31.7 Å². The van der Waals surface area contributed by atoms with Crippen molar-refractivity contribution >= 4 is 85.7 Å². The molecule has 6 rings (SSSR count). The fraction of sp³-hybridized carbons (Fsp3) is 0.364. The van der Waals surface area contributed by atoms with Crippen LogP contribution in [0.4, 0.5) is 0 Å². The zero-order valence-electron chi connectivity index (χ0n) is 43.4. The molecule has 0 saturated carbocycles. The Morgan fingerprint density at radius 3 is 1.52 bits per heavy atom. The summed E-state index contributed by atoms with van der Waals surface area (Å²) in [5, 5.41) is 39.6. The number of nitrogens with zero attached hydrogens (tertiary/aromatic N) is 1. The molecule has 5 aromatic rings. The van der Waals surface area contributed by atoms with Gasteiger partial charge in [-0.3, -0.25) is 38.4 Å². The summed E-state index contributed by atoms with van der Waals surface area (Å²) in [5.74, 6) is -8.97. The van der Waals surface area contributed by atoms with Crippen LogP contribution in [0.3, 0.4) is 0 Å². The Bertz CT molecular complexity index is 2880. The third kappa shape index (κ3) is 18.1. The van der Waals surface area contributed by atoms with Crippen molar-refractivity contribution in [2.45, 2.75) is 93.4 Å². The van der Waals surface area contributed by atoms with Gasteiger partial charge in [-0.15, -0.1) is 0 Å². The van der Waals surface area contributed by atoms with Crippen molar-refractivity contribution in [2.24, 2.45) is 11.5 Å². The summed E-state index contributed by atoms with van der Waals surface area (Å²) in [6.07, 6.45) is -0.0741. The van der Waals surface area contributed by atoms with Gasteiger partial charge in [0.25, 0.3) is 5.91 Å². The molecule has 0 bridgehead atoms. The number of likely N-dealkylation sites (N-methyl/N-ethyl adjacent to an activating group) is 1. The summed E-state index contributed by atoms with van der Waals surface area (Å²) >= 11 is 0. The Morgan fingerprint density at radius 1 is 0.557 bits per heavy atom. The zero-order chi connectivity index (χ0) is 56.8. The van der Waals surface area contributed by atoms with Crippen LogP contribution in [0.2, 0.25) is 0 Å². The molecule has 1 saturated heterocycles. The van der Waals surface area contributed by atoms with E-state index in [4.69, 9.17) is 11.5 Å². The topological polar surface area (TPSA) is 349 Å². The number of aromatic amines is 1. The number of nitrogens with two attached hydrogens (primary N) is 2. The lowest BCUT2D eigenvalue weighted by Gasteiger charge is -2.31. The number of rotatable bonds is 15. The minimum absolute atomic E-state index is 0.0254. The molecule has 79 heavy (non-hydrogen) atoms. The maximum absolute atomic E-state index is 14.9. The van der Waals surface area contributed by atoms with Crippen molar-refractivity contribution in [3.05, 3.63) is 144 Å². The molecule has 420 valence electrons. The number of carboxylic acid groups (broad SMARTS) is 1. The van der Waals surface area contributed by atoms with E-state index in [1.807, 2.05) is 18.2 Å². The molecule has 14 N–H and O–H groups in total. The summed E-state index contributed by atoms with van der Waals surface area (Å²) < 4.78 is 0. The number of carbonyl (C=O) groups excluding carboxylic acids is 8. The lowest BCUT2D eigenvalue weighted by molar-refractivity contribution is -0.146. The number of para-hydroxylation sites is 1. The van der Waals surface area contributed by atoms with Crippen molar-refractivity contribution < 1.29 is 53.4 Å². The molecule has 0 radical (unpaired) electrons. The Balaban J connectivity index is 1.42. The predicted octanol–water partition coefficient (Wildman–Crippen LogP) is 0.176. The Morgan fingerprint density at radius 2 is 1.00 bits per heavy atom. The molecule has 24 heteroatoms. The Kier molecular flexibility index (Phi) is 23.3. The Labute approximate surface area is 464 Å². The van der Waals surface area contributed by atoms with Crippen LogP contribution in [0.1, 0.15) is 41.5 Å². The van der Waals surface area contributed by atoms with Crippen LogP contribution >= 0.6 is 21.6 Å². The normalized spacial score (nSPS) is 22.7. The highest BCUT2D eigenvalue weighted by Crippen LogP contribution is 2.24. The van der Waals surface area contributed by atoms with Gasteiger partial charge in [0.1, 0.15) is 42.9 Å². The van der Waals surface area contributed by atoms with Gasteiger partial charge in [0, 0.05) is 61.3 Å². The lowest BCUT2D eigenvalue weighted by Crippen LogP contribution is -2.64. The second-order valence-electron chi connectivity index (χ2n) is 18.9. The van der Waals surface area contributed by atoms with E-state index in [1.54, 1.807) is 103 Å². The molecule has 1 aliphatic rings. The van der Waals surface area contributed by atoms with Crippen LogP contribution in [0.5, 0.6) is 0 Å². The maximum Gasteiger partial charge on any atom is 0.327 e. The minimum Gasteiger partial charge on any atom is -0.480 e. The SMILES string of the molecule is CN(C(=O)CO)[C@@H]1NC(=O)[C@H](CCCCN)NC(=O)[C@@H](Cc2c[nH]c3ccccc23)NC(=O)[C@H](Cc2ccccc2)NC(=O)[C@H](Cc2ccccc2)NC(=O)[C@@H](N)CSSC[C@@H](C(=O)O)NC(=O)[C@H](Cc2ccccc2)NC1=O. The first-order valence-corrected chi connectivity index (χ1v) is 28.1. The number of carbonyl (C=O) groups is 9. The van der Waals surface area contributed by atoms with Crippen molar-refractivity contribution in [3.8, 4) is 0 Å². The summed E-state index contributed by atoms with van der Waals surface area (Å²) in [6, 6.07) is 23.5. The summed E-state index contributed by atoms with van der Waals surface area (Å²) in [5.41, 5.74) is 15.4. The number of amides is 8. The first-order valence-electron chi connectivity index (χ1n) is 25.6. The second kappa shape index (κ2) is 30.4. The summed E-state index contributed by atoms with van der Waals surface area (Å²) in [6.45, 7) is -0.885. The molecule has 4 aromatic carbocycles. The number of aliphatic hydroxyl groups is 1. The number of H-pyrrole nitrogens is 1. The fourth-order valence-electron chi connectivity index (χ4n) is 8.60. The van der Waals surface area contributed by atoms with E-state index < -0.39 is 108 Å². The van der Waals surface area contributed by atoms with Crippen LogP contribution in [-0.2, 0) is 68.8 Å². The number of fused-ring (bicyclic) bond motifs is 1. The van der Waals surface area contributed by atoms with Gasteiger partial charge in [-0.2, -0.15) is 0 Å². The number of aliphatic hydroxyl groups excluding tert-OH is 1. The second-order valence-corrected chi connectivity index (χ2v) is 21.4. The maximum atomic E-state index is 14.9. The summed E-state index contributed by atoms with van der Waals surface area (Å²) in [4.78, 5) is 131. The standard InChI is InChI=1S/C55H67N11O11S2/c1-66(46(68)30-67)47-54(75)63-43(27-35-19-9-4-10-20-35)52(73)64-45(55(76)77)32-79-78-31-38(57)48(69)60-41(25-33-15-5-2-6-16-33)50(71)61-42(26-34-17-7-3-8-18-34)51(72)62-44(28-36-29-58-39-22-12-11-21-37(36)39)53(74)59-40(49(70)65-47)23-13-14-24-56/h2-12,15-22,29,38,40-45,47,58,67H,13-14,23-28,30-32,56-57H2,1H3,(H,59,74)(H,60,69)(H,61,71)(H,62,72)(H,63,75)(H,64,73)(H,65,70)(H,76,77)/t38-,40-,41-,42-,43-,44+,45-,47-/m0/s1. The van der Waals surface area contributed by atoms with Gasteiger partial charge >= 0.3 is 5.97 Å². The molecule has 2 heterocycles. The molecule has 8 atom stereocenters. The quantitative estimate of drug-likeness (QED) is 0.0492. The highest BCUT2D eigenvalue weighted by molar-refractivity contribution is 8.76. The molecule has 0 spiro atoms. The number of unbranched alkanes of at least 4 members (excludes halogenated alkanes) is 1. The first-order chi connectivity index (χ1) is 38.0. The van der Waals surface area contributed by atoms with Crippen molar-refractivity contribution in [3.63, 3.8) is 0 Å². The third-order valence-corrected chi connectivity index (χ3v) is 15.5. The van der Waals surface area contributed by atoms with E-state index in [-0.39, 0.29) is 56.6 Å². The molecular formula is C55H67N11O11S2. The van der Waals surface area contributed by atoms with Gasteiger partial charge < -0.3 is 68.8 Å². The van der Waals surface area contributed by atoms with Crippen molar-refractivity contribution in [1.82, 2.24) is 47.1 Å². The van der Waals surface area contributed by atoms with Gasteiger partial charge in [-0.25, -0.2) is 4.79 Å². The zero-order valence-corrected chi connectivity index (χ0v) is 45.1. The molecule has 1 aromatic heterocycles. The number of carboxylic acids is 1. The van der Waals surface area contributed by atoms with Gasteiger partial charge in [0.15, 0.2) is 6.17 Å². The molecule has 0 aliphatic carbocycles. The monoisotopic (exact) mass is 1120 g/mol.